The lowest BCUT2D eigenvalue weighted by atomic mass is 9.72. The van der Waals surface area contributed by atoms with Crippen LogP contribution >= 0.6 is 0 Å². The van der Waals surface area contributed by atoms with Crippen molar-refractivity contribution < 1.29 is 4.79 Å². The molecule has 7 nitrogen and oxygen atoms in total. The van der Waals surface area contributed by atoms with Crippen LogP contribution in [0.2, 0.25) is 0 Å². The van der Waals surface area contributed by atoms with Gasteiger partial charge in [0.15, 0.2) is 0 Å². The zero-order valence-electron chi connectivity index (χ0n) is 21.2. The molecule has 1 aliphatic carbocycles. The topological polar surface area (TPSA) is 65.8 Å². The van der Waals surface area contributed by atoms with Crippen molar-refractivity contribution in [1.82, 2.24) is 24.9 Å². The number of likely N-dealkylation sites (tertiary alicyclic amines) is 1. The monoisotopic (exact) mass is 474 g/mol. The molecule has 7 heteroatoms. The highest BCUT2D eigenvalue weighted by Gasteiger charge is 2.40. The first-order valence-corrected chi connectivity index (χ1v) is 13.5. The Morgan fingerprint density at radius 2 is 1.86 bits per heavy atom. The highest BCUT2D eigenvalue weighted by molar-refractivity contribution is 5.89. The third-order valence-corrected chi connectivity index (χ3v) is 8.91. The van der Waals surface area contributed by atoms with Crippen LogP contribution in [0.25, 0.3) is 5.57 Å². The van der Waals surface area contributed by atoms with Crippen LogP contribution in [0.5, 0.6) is 0 Å². The van der Waals surface area contributed by atoms with E-state index in [1.54, 1.807) is 0 Å². The van der Waals surface area contributed by atoms with Crippen molar-refractivity contribution in [3.05, 3.63) is 47.1 Å². The Morgan fingerprint density at radius 1 is 1.11 bits per heavy atom. The molecule has 2 bridgehead atoms. The first-order chi connectivity index (χ1) is 17.0. The second kappa shape index (κ2) is 9.17. The average molecular weight is 475 g/mol. The zero-order valence-corrected chi connectivity index (χ0v) is 21.2. The number of hydrogen-bond donors (Lipinski definition) is 1. The summed E-state index contributed by atoms with van der Waals surface area (Å²) in [6.07, 6.45) is 20.3. The molecule has 186 valence electrons. The van der Waals surface area contributed by atoms with Gasteiger partial charge in [-0.15, -0.1) is 0 Å². The SMILES string of the molecule is Cn1ncc(C2=CC=C3C=NC(NC(=O)CN4C5CCC4CC5)=CC3(C)C2)c1CN1CCCCC1. The largest absolute Gasteiger partial charge is 0.310 e. The highest BCUT2D eigenvalue weighted by Crippen LogP contribution is 2.44. The number of aliphatic imine (C=N–C) groups is 1. The Hall–Kier alpha value is -2.51. The average Bonchev–Trinajstić information content (AvgIpc) is 3.53. The number of nitrogens with one attached hydrogen (secondary N) is 1. The lowest BCUT2D eigenvalue weighted by molar-refractivity contribution is -0.121. The minimum atomic E-state index is -0.195. The van der Waals surface area contributed by atoms with E-state index in [2.05, 4.69) is 57.4 Å². The molecule has 3 fully saturated rings. The molecule has 0 radical (unpaired) electrons. The van der Waals surface area contributed by atoms with Gasteiger partial charge >= 0.3 is 0 Å². The van der Waals surface area contributed by atoms with E-state index in [-0.39, 0.29) is 11.3 Å². The maximum Gasteiger partial charge on any atom is 0.239 e. The van der Waals surface area contributed by atoms with Gasteiger partial charge in [0, 0.05) is 42.9 Å². The summed E-state index contributed by atoms with van der Waals surface area (Å²) in [6.45, 7) is 6.04. The molecule has 3 saturated heterocycles. The Morgan fingerprint density at radius 3 is 2.60 bits per heavy atom. The number of rotatable bonds is 6. The Balaban J connectivity index is 1.16. The highest BCUT2D eigenvalue weighted by atomic mass is 16.2. The van der Waals surface area contributed by atoms with Crippen molar-refractivity contribution in [1.29, 1.82) is 0 Å². The molecule has 1 unspecified atom stereocenters. The third kappa shape index (κ3) is 4.45. The van der Waals surface area contributed by atoms with Crippen molar-refractivity contribution in [2.75, 3.05) is 19.6 Å². The molecule has 5 aliphatic rings. The first-order valence-electron chi connectivity index (χ1n) is 13.5. The van der Waals surface area contributed by atoms with E-state index in [1.807, 2.05) is 17.1 Å². The van der Waals surface area contributed by atoms with E-state index in [9.17, 15) is 4.79 Å². The fourth-order valence-corrected chi connectivity index (χ4v) is 6.87. The molecule has 0 saturated carbocycles. The number of aryl methyl sites for hydroxylation is 1. The van der Waals surface area contributed by atoms with Gasteiger partial charge in [-0.2, -0.15) is 5.10 Å². The first kappa shape index (κ1) is 22.9. The standard InChI is InChI=1S/C28H38N6O/c1-28-14-20(24-17-30-32(2)25(24)18-33-12-4-3-5-13-33)6-7-21(28)16-29-26(15-28)31-27(35)19-34-22-8-9-23(34)11-10-22/h6-7,15-17,22-23H,3-5,8-14,18-19H2,1-2H3,(H,31,35). The van der Waals surface area contributed by atoms with Gasteiger partial charge in [0.25, 0.3) is 0 Å². The summed E-state index contributed by atoms with van der Waals surface area (Å²) in [7, 11) is 2.06. The number of allylic oxidation sites excluding steroid dienone is 5. The van der Waals surface area contributed by atoms with Crippen molar-refractivity contribution in [2.24, 2.45) is 17.5 Å². The summed E-state index contributed by atoms with van der Waals surface area (Å²) in [5.41, 5.74) is 4.85. The van der Waals surface area contributed by atoms with E-state index in [4.69, 9.17) is 0 Å². The number of piperidine rings is 1. The van der Waals surface area contributed by atoms with Gasteiger partial charge in [-0.3, -0.25) is 19.3 Å². The number of carbonyl (C=O) groups is 1. The molecule has 0 aromatic carbocycles. The lowest BCUT2D eigenvalue weighted by Crippen LogP contribution is -2.40. The van der Waals surface area contributed by atoms with Crippen molar-refractivity contribution in [3.63, 3.8) is 0 Å². The number of fused-ring (bicyclic) bond motifs is 3. The van der Waals surface area contributed by atoms with E-state index in [1.165, 1.54) is 80.4 Å². The summed E-state index contributed by atoms with van der Waals surface area (Å²) < 4.78 is 2.04. The van der Waals surface area contributed by atoms with Gasteiger partial charge < -0.3 is 5.32 Å². The Kier molecular flexibility index (Phi) is 6.01. The second-order valence-electron chi connectivity index (χ2n) is 11.3. The fourth-order valence-electron chi connectivity index (χ4n) is 6.87. The van der Waals surface area contributed by atoms with Gasteiger partial charge in [0.2, 0.25) is 5.91 Å². The maximum absolute atomic E-state index is 12.9. The normalized spacial score (nSPS) is 30.6. The summed E-state index contributed by atoms with van der Waals surface area (Å²) in [5, 5.41) is 7.74. The lowest BCUT2D eigenvalue weighted by Gasteiger charge is -2.34. The van der Waals surface area contributed by atoms with E-state index in [0.29, 0.717) is 24.4 Å². The summed E-state index contributed by atoms with van der Waals surface area (Å²) >= 11 is 0. The van der Waals surface area contributed by atoms with Crippen LogP contribution < -0.4 is 5.32 Å². The van der Waals surface area contributed by atoms with Gasteiger partial charge in [-0.25, -0.2) is 4.99 Å². The Bertz CT molecular complexity index is 1100. The molecule has 5 heterocycles. The van der Waals surface area contributed by atoms with Gasteiger partial charge in [-0.05, 0) is 75.3 Å². The van der Waals surface area contributed by atoms with Crippen molar-refractivity contribution in [3.8, 4) is 0 Å². The number of carbonyl (C=O) groups excluding carboxylic acids is 1. The molecule has 1 aromatic rings. The van der Waals surface area contributed by atoms with Crippen molar-refractivity contribution >= 4 is 17.7 Å². The van der Waals surface area contributed by atoms with Crippen LogP contribution in [0, 0.1) is 5.41 Å². The molecular formula is C28H38N6O. The maximum atomic E-state index is 12.9. The molecule has 4 aliphatic heterocycles. The number of amides is 1. The molecule has 6 rings (SSSR count). The summed E-state index contributed by atoms with van der Waals surface area (Å²) in [5.74, 6) is 0.744. The molecule has 1 N–H and O–H groups in total. The predicted octanol–water partition coefficient (Wildman–Crippen LogP) is 3.79. The minimum Gasteiger partial charge on any atom is -0.310 e. The van der Waals surface area contributed by atoms with Crippen LogP contribution in [0.15, 0.2) is 40.8 Å². The molecule has 1 amide bonds. The van der Waals surface area contributed by atoms with Crippen LogP contribution in [0.3, 0.4) is 0 Å². The van der Waals surface area contributed by atoms with Gasteiger partial charge in [0.05, 0.1) is 18.4 Å². The molecular weight excluding hydrogens is 436 g/mol. The van der Waals surface area contributed by atoms with Crippen LogP contribution in [-0.4, -0.2) is 63.4 Å². The van der Waals surface area contributed by atoms with Gasteiger partial charge in [-0.1, -0.05) is 25.5 Å². The smallest absolute Gasteiger partial charge is 0.239 e. The number of nitrogens with zero attached hydrogens (tertiary/aromatic N) is 5. The zero-order chi connectivity index (χ0) is 24.0. The second-order valence-corrected chi connectivity index (χ2v) is 11.3. The molecule has 35 heavy (non-hydrogen) atoms. The van der Waals surface area contributed by atoms with Crippen molar-refractivity contribution in [2.45, 2.75) is 76.9 Å². The summed E-state index contributed by atoms with van der Waals surface area (Å²) in [4.78, 5) is 22.4. The molecule has 0 spiro atoms. The molecule has 1 atom stereocenters. The van der Waals surface area contributed by atoms with E-state index >= 15 is 0 Å². The predicted molar refractivity (Wildman–Crippen MR) is 139 cm³/mol. The molecule has 1 aromatic heterocycles. The quantitative estimate of drug-likeness (QED) is 0.681. The van der Waals surface area contributed by atoms with Crippen LogP contribution in [0.1, 0.15) is 69.5 Å². The van der Waals surface area contributed by atoms with Crippen LogP contribution in [-0.2, 0) is 18.4 Å². The third-order valence-electron chi connectivity index (χ3n) is 8.91. The number of aromatic nitrogens is 2. The number of hydrogen-bond acceptors (Lipinski definition) is 5. The van der Waals surface area contributed by atoms with Crippen LogP contribution in [0.4, 0.5) is 0 Å². The van der Waals surface area contributed by atoms with Gasteiger partial charge in [0.1, 0.15) is 5.82 Å². The minimum absolute atomic E-state index is 0.0610. The van der Waals surface area contributed by atoms with E-state index in [0.717, 1.165) is 13.0 Å². The summed E-state index contributed by atoms with van der Waals surface area (Å²) in [6, 6.07) is 1.21. The fraction of sp³-hybridized carbons (Fsp3) is 0.607. The van der Waals surface area contributed by atoms with E-state index < -0.39 is 0 Å². The Labute approximate surface area is 208 Å².